The van der Waals surface area contributed by atoms with Crippen molar-refractivity contribution in [2.45, 2.75) is 13.2 Å². The van der Waals surface area contributed by atoms with Gasteiger partial charge in [0.05, 0.1) is 5.56 Å². The van der Waals surface area contributed by atoms with E-state index in [0.29, 0.717) is 5.56 Å². The molecule has 2 aromatic carbocycles. The van der Waals surface area contributed by atoms with E-state index in [4.69, 9.17) is 16.6 Å². The van der Waals surface area contributed by atoms with Gasteiger partial charge in [0.2, 0.25) is 5.89 Å². The van der Waals surface area contributed by atoms with Crippen LogP contribution in [0.4, 0.5) is 8.78 Å². The number of Topliss-reactive ketones (excluding diaryl/α,β-unsaturated/α-hetero) is 1. The van der Waals surface area contributed by atoms with Crippen molar-refractivity contribution < 1.29 is 22.7 Å². The van der Waals surface area contributed by atoms with Gasteiger partial charge in [-0.1, -0.05) is 30.3 Å². The van der Waals surface area contributed by atoms with Gasteiger partial charge in [-0.3, -0.25) is 4.79 Å². The second-order valence-electron chi connectivity index (χ2n) is 4.99. The van der Waals surface area contributed by atoms with Gasteiger partial charge in [0.25, 0.3) is 4.84 Å². The van der Waals surface area contributed by atoms with Crippen LogP contribution in [0, 0.1) is 4.84 Å². The van der Waals surface area contributed by atoms with E-state index in [1.54, 1.807) is 18.2 Å². The van der Waals surface area contributed by atoms with Crippen molar-refractivity contribution in [3.05, 3.63) is 65.0 Å². The molecule has 0 amide bonds. The maximum absolute atomic E-state index is 12.5. The number of ether oxygens (including phenoxy) is 1. The van der Waals surface area contributed by atoms with Gasteiger partial charge >= 0.3 is 6.61 Å². The summed E-state index contributed by atoms with van der Waals surface area (Å²) in [7, 11) is 0. The number of hydrogen-bond acceptors (Lipinski definition) is 5. The predicted molar refractivity (Wildman–Crippen MR) is 88.2 cm³/mol. The topological polar surface area (TPSA) is 57.3 Å². The van der Waals surface area contributed by atoms with Crippen LogP contribution in [0.5, 0.6) is 5.75 Å². The highest BCUT2D eigenvalue weighted by Gasteiger charge is 2.17. The Balaban J connectivity index is 1.85. The van der Waals surface area contributed by atoms with Crippen LogP contribution in [0.1, 0.15) is 10.4 Å². The maximum Gasteiger partial charge on any atom is 0.387 e. The van der Waals surface area contributed by atoms with E-state index in [0.717, 1.165) is 0 Å². The number of para-hydroxylation sites is 1. The van der Waals surface area contributed by atoms with Crippen molar-refractivity contribution in [1.29, 1.82) is 0 Å². The molecule has 5 nitrogen and oxygen atoms in total. The molecule has 128 valence electrons. The first-order valence-electron chi connectivity index (χ1n) is 7.25. The molecule has 25 heavy (non-hydrogen) atoms. The third-order valence-corrected chi connectivity index (χ3v) is 3.62. The van der Waals surface area contributed by atoms with Crippen LogP contribution >= 0.6 is 12.2 Å². The smallest absolute Gasteiger partial charge is 0.387 e. The van der Waals surface area contributed by atoms with Gasteiger partial charge in [-0.05, 0) is 36.5 Å². The number of benzene rings is 2. The molecule has 0 aliphatic rings. The zero-order valence-electron chi connectivity index (χ0n) is 12.8. The Morgan fingerprint density at radius 3 is 2.56 bits per heavy atom. The van der Waals surface area contributed by atoms with Gasteiger partial charge in [-0.15, -0.1) is 5.10 Å². The molecule has 1 aromatic heterocycles. The number of halogens is 2. The molecule has 0 aliphatic heterocycles. The Morgan fingerprint density at radius 1 is 1.16 bits per heavy atom. The van der Waals surface area contributed by atoms with E-state index in [2.05, 4.69) is 9.84 Å². The van der Waals surface area contributed by atoms with Gasteiger partial charge in [-0.2, -0.15) is 8.78 Å². The highest BCUT2D eigenvalue weighted by molar-refractivity contribution is 7.71. The normalized spacial score (nSPS) is 10.8. The lowest BCUT2D eigenvalue weighted by Gasteiger charge is -2.09. The van der Waals surface area contributed by atoms with Crippen LogP contribution in [-0.2, 0) is 6.54 Å². The van der Waals surface area contributed by atoms with Crippen LogP contribution in [0.3, 0.4) is 0 Å². The minimum atomic E-state index is -3.02. The third-order valence-electron chi connectivity index (χ3n) is 3.32. The molecule has 0 saturated heterocycles. The van der Waals surface area contributed by atoms with Gasteiger partial charge < -0.3 is 9.15 Å². The van der Waals surface area contributed by atoms with Crippen LogP contribution in [-0.4, -0.2) is 22.2 Å². The Kier molecular flexibility index (Phi) is 4.99. The Hall–Kier alpha value is -2.87. The molecule has 1 heterocycles. The van der Waals surface area contributed by atoms with Crippen molar-refractivity contribution in [1.82, 2.24) is 9.78 Å². The molecule has 8 heteroatoms. The molecule has 0 spiro atoms. The molecule has 0 radical (unpaired) electrons. The molecule has 0 fully saturated rings. The molecular weight excluding hydrogens is 350 g/mol. The quantitative estimate of drug-likeness (QED) is 0.482. The second-order valence-corrected chi connectivity index (χ2v) is 5.34. The summed E-state index contributed by atoms with van der Waals surface area (Å²) in [6, 6.07) is 14.8. The van der Waals surface area contributed by atoms with Gasteiger partial charge in [0, 0.05) is 5.56 Å². The van der Waals surface area contributed by atoms with Crippen molar-refractivity contribution in [2.24, 2.45) is 0 Å². The van der Waals surface area contributed by atoms with Gasteiger partial charge in [0.15, 0.2) is 5.78 Å². The first-order chi connectivity index (χ1) is 12.0. The zero-order chi connectivity index (χ0) is 17.8. The Labute approximate surface area is 146 Å². The average molecular weight is 362 g/mol. The fraction of sp³-hybridized carbons (Fsp3) is 0.118. The molecular formula is C17H12F2N2O3S. The number of rotatable bonds is 6. The van der Waals surface area contributed by atoms with Crippen LogP contribution < -0.4 is 4.74 Å². The SMILES string of the molecule is O=C(Cn1nc(-c2ccccc2)oc1=S)c1ccccc1OC(F)F. The predicted octanol–water partition coefficient (Wildman–Crippen LogP) is 4.36. The maximum atomic E-state index is 12.5. The van der Waals surface area contributed by atoms with E-state index < -0.39 is 12.4 Å². The third kappa shape index (κ3) is 3.97. The summed E-state index contributed by atoms with van der Waals surface area (Å²) < 4.78 is 35.9. The van der Waals surface area contributed by atoms with Gasteiger partial charge in [0.1, 0.15) is 12.3 Å². The van der Waals surface area contributed by atoms with Gasteiger partial charge in [-0.25, -0.2) is 4.68 Å². The fourth-order valence-corrected chi connectivity index (χ4v) is 2.40. The first kappa shape index (κ1) is 17.0. The van der Waals surface area contributed by atoms with Crippen molar-refractivity contribution >= 4 is 18.0 Å². The standard InChI is InChI=1S/C17H12F2N2O3S/c18-16(19)23-14-9-5-4-8-12(14)13(22)10-21-17(25)24-15(20-21)11-6-2-1-3-7-11/h1-9,16H,10H2. The summed E-state index contributed by atoms with van der Waals surface area (Å²) in [5, 5.41) is 4.17. The summed E-state index contributed by atoms with van der Waals surface area (Å²) in [4.78, 5) is 12.5. The average Bonchev–Trinajstić information content (AvgIpc) is 2.96. The highest BCUT2D eigenvalue weighted by Crippen LogP contribution is 2.22. The Bertz CT molecular complexity index is 938. The number of ketones is 1. The summed E-state index contributed by atoms with van der Waals surface area (Å²) in [6.07, 6.45) is 0. The lowest BCUT2D eigenvalue weighted by Crippen LogP contribution is -2.14. The number of aromatic nitrogens is 2. The number of hydrogen-bond donors (Lipinski definition) is 0. The largest absolute Gasteiger partial charge is 0.434 e. The molecule has 0 bridgehead atoms. The van der Waals surface area contributed by atoms with Crippen molar-refractivity contribution in [3.63, 3.8) is 0 Å². The molecule has 0 atom stereocenters. The molecule has 0 unspecified atom stereocenters. The summed E-state index contributed by atoms with van der Waals surface area (Å²) in [6.45, 7) is -3.27. The monoisotopic (exact) mass is 362 g/mol. The van der Waals surface area contributed by atoms with Crippen LogP contribution in [0.2, 0.25) is 0 Å². The van der Waals surface area contributed by atoms with E-state index in [1.165, 1.54) is 22.9 Å². The van der Waals surface area contributed by atoms with Crippen molar-refractivity contribution in [3.8, 4) is 17.2 Å². The van der Waals surface area contributed by atoms with Crippen LogP contribution in [0.15, 0.2) is 59.0 Å². The highest BCUT2D eigenvalue weighted by atomic mass is 32.1. The van der Waals surface area contributed by atoms with E-state index in [9.17, 15) is 13.6 Å². The van der Waals surface area contributed by atoms with E-state index in [-0.39, 0.29) is 28.6 Å². The molecule has 0 aliphatic carbocycles. The number of nitrogens with zero attached hydrogens (tertiary/aromatic N) is 2. The number of alkyl halides is 2. The summed E-state index contributed by atoms with van der Waals surface area (Å²) >= 11 is 5.07. The summed E-state index contributed by atoms with van der Waals surface area (Å²) in [5.74, 6) is -0.392. The fourth-order valence-electron chi connectivity index (χ4n) is 2.22. The zero-order valence-corrected chi connectivity index (χ0v) is 13.6. The van der Waals surface area contributed by atoms with Crippen LogP contribution in [0.25, 0.3) is 11.5 Å². The molecule has 3 aromatic rings. The first-order valence-corrected chi connectivity index (χ1v) is 7.66. The van der Waals surface area contributed by atoms with E-state index in [1.807, 2.05) is 18.2 Å². The molecule has 0 N–H and O–H groups in total. The number of carbonyl (C=O) groups is 1. The second kappa shape index (κ2) is 7.35. The molecule has 0 saturated carbocycles. The minimum Gasteiger partial charge on any atom is -0.434 e. The van der Waals surface area contributed by atoms with E-state index >= 15 is 0 Å². The molecule has 3 rings (SSSR count). The minimum absolute atomic E-state index is 0.0134. The summed E-state index contributed by atoms with van der Waals surface area (Å²) in [5.41, 5.74) is 0.732. The lowest BCUT2D eigenvalue weighted by molar-refractivity contribution is -0.0501. The number of carbonyl (C=O) groups excluding carboxylic acids is 1. The lowest BCUT2D eigenvalue weighted by atomic mass is 10.1. The van der Waals surface area contributed by atoms with Crippen molar-refractivity contribution in [2.75, 3.05) is 0 Å². The Morgan fingerprint density at radius 2 is 1.84 bits per heavy atom.